The minimum atomic E-state index is -0.311. The Morgan fingerprint density at radius 1 is 1.38 bits per heavy atom. The zero-order valence-corrected chi connectivity index (χ0v) is 8.77. The van der Waals surface area contributed by atoms with Gasteiger partial charge in [-0.15, -0.1) is 0 Å². The van der Waals surface area contributed by atoms with Crippen LogP contribution >= 0.6 is 0 Å². The van der Waals surface area contributed by atoms with Crippen LogP contribution in [0, 0.1) is 0 Å². The van der Waals surface area contributed by atoms with E-state index in [4.69, 9.17) is 5.73 Å². The average Bonchev–Trinajstić information content (AvgIpc) is 2.54. The molecule has 84 valence electrons. The van der Waals surface area contributed by atoms with E-state index >= 15 is 0 Å². The van der Waals surface area contributed by atoms with Crippen LogP contribution in [0.2, 0.25) is 0 Å². The number of nitrogens with zero attached hydrogens (tertiary/aromatic N) is 1. The number of imide groups is 1. The molecule has 1 fully saturated rings. The second-order valence-corrected chi connectivity index (χ2v) is 3.77. The molecule has 1 aliphatic heterocycles. The summed E-state index contributed by atoms with van der Waals surface area (Å²) in [7, 11) is 0. The quantitative estimate of drug-likeness (QED) is 0.569. The first-order valence-electron chi connectivity index (χ1n) is 5.08. The maximum absolute atomic E-state index is 11.2. The highest BCUT2D eigenvalue weighted by Gasteiger charge is 2.25. The first-order chi connectivity index (χ1) is 7.65. The minimum absolute atomic E-state index is 0.154. The number of hydrogen-bond acceptors (Lipinski definition) is 3. The molecule has 1 aromatic carbocycles. The van der Waals surface area contributed by atoms with E-state index in [1.807, 2.05) is 24.3 Å². The third kappa shape index (κ3) is 2.31. The summed E-state index contributed by atoms with van der Waals surface area (Å²) in [5.41, 5.74) is 7.41. The summed E-state index contributed by atoms with van der Waals surface area (Å²) in [4.78, 5) is 23.7. The van der Waals surface area contributed by atoms with Crippen LogP contribution in [0.1, 0.15) is 5.56 Å². The summed E-state index contributed by atoms with van der Waals surface area (Å²) in [5, 5.41) is 2.24. The van der Waals surface area contributed by atoms with Crippen molar-refractivity contribution in [3.8, 4) is 0 Å². The van der Waals surface area contributed by atoms with Crippen LogP contribution in [0.15, 0.2) is 24.3 Å². The monoisotopic (exact) mass is 219 g/mol. The van der Waals surface area contributed by atoms with Gasteiger partial charge in [0, 0.05) is 12.2 Å². The maximum atomic E-state index is 11.2. The number of rotatable bonds is 3. The second kappa shape index (κ2) is 4.22. The van der Waals surface area contributed by atoms with Gasteiger partial charge in [0.05, 0.1) is 0 Å². The molecular weight excluding hydrogens is 206 g/mol. The summed E-state index contributed by atoms with van der Waals surface area (Å²) in [5.74, 6) is -0.238. The number of nitrogens with one attached hydrogen (secondary N) is 1. The molecule has 0 aliphatic carbocycles. The van der Waals surface area contributed by atoms with Crippen molar-refractivity contribution in [2.75, 3.05) is 18.8 Å². The topological polar surface area (TPSA) is 75.4 Å². The van der Waals surface area contributed by atoms with Crippen molar-refractivity contribution in [1.82, 2.24) is 10.2 Å². The van der Waals surface area contributed by atoms with Gasteiger partial charge in [-0.1, -0.05) is 12.1 Å². The molecule has 1 aromatic rings. The fourth-order valence-corrected chi connectivity index (χ4v) is 1.68. The number of nitrogens with two attached hydrogens (primary N) is 1. The Labute approximate surface area is 93.2 Å². The van der Waals surface area contributed by atoms with Crippen LogP contribution in [0.25, 0.3) is 0 Å². The van der Waals surface area contributed by atoms with Gasteiger partial charge in [0.1, 0.15) is 6.54 Å². The van der Waals surface area contributed by atoms with Crippen LogP contribution in [0.5, 0.6) is 0 Å². The highest BCUT2D eigenvalue weighted by Crippen LogP contribution is 2.08. The molecule has 16 heavy (non-hydrogen) atoms. The van der Waals surface area contributed by atoms with Crippen LogP contribution in [0.4, 0.5) is 10.5 Å². The summed E-state index contributed by atoms with van der Waals surface area (Å²) >= 11 is 0. The highest BCUT2D eigenvalue weighted by atomic mass is 16.2. The van der Waals surface area contributed by atoms with E-state index in [2.05, 4.69) is 5.32 Å². The molecule has 0 aromatic heterocycles. The standard InChI is InChI=1S/C11H13N3O2/c12-9-3-1-2-8(6-9)4-5-14-7-10(15)13-11(14)16/h1-3,6H,4-5,7,12H2,(H,13,15,16). The number of benzene rings is 1. The van der Waals surface area contributed by atoms with Crippen LogP contribution < -0.4 is 11.1 Å². The van der Waals surface area contributed by atoms with Crippen molar-refractivity contribution >= 4 is 17.6 Å². The Morgan fingerprint density at radius 2 is 2.19 bits per heavy atom. The van der Waals surface area contributed by atoms with Crippen LogP contribution in [-0.4, -0.2) is 29.9 Å². The lowest BCUT2D eigenvalue weighted by atomic mass is 10.1. The summed E-state index contributed by atoms with van der Waals surface area (Å²) in [6.45, 7) is 0.683. The van der Waals surface area contributed by atoms with E-state index in [1.54, 1.807) is 0 Å². The van der Waals surface area contributed by atoms with E-state index < -0.39 is 0 Å². The number of anilines is 1. The number of urea groups is 1. The van der Waals surface area contributed by atoms with Gasteiger partial charge in [0.25, 0.3) is 0 Å². The molecule has 0 atom stereocenters. The fourth-order valence-electron chi connectivity index (χ4n) is 1.68. The maximum Gasteiger partial charge on any atom is 0.324 e. The van der Waals surface area contributed by atoms with Crippen molar-refractivity contribution in [2.24, 2.45) is 0 Å². The summed E-state index contributed by atoms with van der Waals surface area (Å²) in [6, 6.07) is 7.20. The summed E-state index contributed by atoms with van der Waals surface area (Å²) in [6.07, 6.45) is 0.700. The molecule has 0 saturated carbocycles. The molecule has 0 radical (unpaired) electrons. The Kier molecular flexibility index (Phi) is 2.76. The second-order valence-electron chi connectivity index (χ2n) is 3.77. The first-order valence-corrected chi connectivity index (χ1v) is 5.08. The molecule has 1 saturated heterocycles. The average molecular weight is 219 g/mol. The molecule has 3 N–H and O–H groups in total. The van der Waals surface area contributed by atoms with Gasteiger partial charge in [-0.2, -0.15) is 0 Å². The number of carbonyl (C=O) groups is 2. The molecule has 3 amide bonds. The molecule has 0 spiro atoms. The third-order valence-corrected chi connectivity index (χ3v) is 2.49. The fraction of sp³-hybridized carbons (Fsp3) is 0.273. The molecule has 1 heterocycles. The van der Waals surface area contributed by atoms with E-state index in [1.165, 1.54) is 4.90 Å². The predicted octanol–water partition coefficient (Wildman–Crippen LogP) is 0.363. The zero-order chi connectivity index (χ0) is 11.5. The Morgan fingerprint density at radius 3 is 2.81 bits per heavy atom. The normalized spacial score (nSPS) is 15.4. The van der Waals surface area contributed by atoms with Gasteiger partial charge >= 0.3 is 6.03 Å². The summed E-state index contributed by atoms with van der Waals surface area (Å²) < 4.78 is 0. The largest absolute Gasteiger partial charge is 0.399 e. The molecule has 0 bridgehead atoms. The van der Waals surface area contributed by atoms with Crippen LogP contribution in [-0.2, 0) is 11.2 Å². The van der Waals surface area contributed by atoms with Gasteiger partial charge < -0.3 is 10.6 Å². The Balaban J connectivity index is 1.93. The van der Waals surface area contributed by atoms with Crippen LogP contribution in [0.3, 0.4) is 0 Å². The number of hydrogen-bond donors (Lipinski definition) is 2. The van der Waals surface area contributed by atoms with E-state index in [-0.39, 0.29) is 18.5 Å². The lowest BCUT2D eigenvalue weighted by molar-refractivity contribution is -0.118. The van der Waals surface area contributed by atoms with E-state index in [9.17, 15) is 9.59 Å². The molecule has 5 nitrogen and oxygen atoms in total. The number of carbonyl (C=O) groups excluding carboxylic acids is 2. The van der Waals surface area contributed by atoms with Gasteiger partial charge in [-0.25, -0.2) is 4.79 Å². The number of nitrogen functional groups attached to an aromatic ring is 1. The van der Waals surface area contributed by atoms with Gasteiger partial charge in [-0.3, -0.25) is 10.1 Å². The molecule has 5 heteroatoms. The Bertz CT molecular complexity index is 431. The van der Waals surface area contributed by atoms with Gasteiger partial charge in [0.15, 0.2) is 0 Å². The van der Waals surface area contributed by atoms with Crippen molar-refractivity contribution in [1.29, 1.82) is 0 Å². The number of amides is 3. The van der Waals surface area contributed by atoms with Crippen molar-refractivity contribution in [3.05, 3.63) is 29.8 Å². The molecule has 0 unspecified atom stereocenters. The molecular formula is C11H13N3O2. The smallest absolute Gasteiger partial charge is 0.324 e. The van der Waals surface area contributed by atoms with E-state index in [0.29, 0.717) is 18.7 Å². The third-order valence-electron chi connectivity index (χ3n) is 2.49. The first kappa shape index (κ1) is 10.5. The predicted molar refractivity (Wildman–Crippen MR) is 59.7 cm³/mol. The Hall–Kier alpha value is -2.04. The zero-order valence-electron chi connectivity index (χ0n) is 8.77. The molecule has 1 aliphatic rings. The van der Waals surface area contributed by atoms with Gasteiger partial charge in [0.2, 0.25) is 5.91 Å². The van der Waals surface area contributed by atoms with Crippen molar-refractivity contribution in [3.63, 3.8) is 0 Å². The van der Waals surface area contributed by atoms with Gasteiger partial charge in [-0.05, 0) is 24.1 Å². The SMILES string of the molecule is Nc1cccc(CCN2CC(=O)NC2=O)c1. The minimum Gasteiger partial charge on any atom is -0.399 e. The lowest BCUT2D eigenvalue weighted by Crippen LogP contribution is -2.30. The lowest BCUT2D eigenvalue weighted by Gasteiger charge is -2.12. The highest BCUT2D eigenvalue weighted by molar-refractivity contribution is 6.01. The van der Waals surface area contributed by atoms with Crippen molar-refractivity contribution < 1.29 is 9.59 Å². The van der Waals surface area contributed by atoms with Crippen molar-refractivity contribution in [2.45, 2.75) is 6.42 Å². The van der Waals surface area contributed by atoms with E-state index in [0.717, 1.165) is 5.56 Å². The molecule has 2 rings (SSSR count).